The summed E-state index contributed by atoms with van der Waals surface area (Å²) in [4.78, 5) is 10.6. The van der Waals surface area contributed by atoms with E-state index in [1.807, 2.05) is 0 Å². The average Bonchev–Trinajstić information content (AvgIpc) is 2.71. The molecule has 0 aliphatic carbocycles. The molecule has 2 rings (SSSR count). The summed E-state index contributed by atoms with van der Waals surface area (Å²) < 4.78 is 6.72. The first kappa shape index (κ1) is 9.17. The molecule has 14 heavy (non-hydrogen) atoms. The van der Waals surface area contributed by atoms with Gasteiger partial charge in [-0.05, 0) is 0 Å². The second kappa shape index (κ2) is 3.39. The van der Waals surface area contributed by atoms with Crippen LogP contribution in [0.1, 0.15) is 16.4 Å². The minimum Gasteiger partial charge on any atom is -0.478 e. The van der Waals surface area contributed by atoms with Gasteiger partial charge in [0.15, 0.2) is 0 Å². The van der Waals surface area contributed by atoms with Gasteiger partial charge in [-0.2, -0.15) is 5.10 Å². The van der Waals surface area contributed by atoms with Gasteiger partial charge in [0.25, 0.3) is 0 Å². The molecule has 0 spiro atoms. The van der Waals surface area contributed by atoms with E-state index < -0.39 is 5.97 Å². The van der Waals surface area contributed by atoms with Crippen molar-refractivity contribution in [1.82, 2.24) is 9.78 Å². The quantitative estimate of drug-likeness (QED) is 0.665. The SMILES string of the molecule is N[C@@H]1COC[C@@H]1n1cc(C(=O)O)cn1. The molecule has 1 saturated heterocycles. The van der Waals surface area contributed by atoms with Crippen LogP contribution in [0.4, 0.5) is 0 Å². The van der Waals surface area contributed by atoms with Crippen molar-refractivity contribution >= 4 is 5.97 Å². The van der Waals surface area contributed by atoms with Crippen molar-refractivity contribution in [2.45, 2.75) is 12.1 Å². The van der Waals surface area contributed by atoms with Crippen molar-refractivity contribution in [2.24, 2.45) is 5.73 Å². The third-order valence-corrected chi connectivity index (χ3v) is 2.28. The summed E-state index contributed by atoms with van der Waals surface area (Å²) in [5, 5.41) is 12.6. The van der Waals surface area contributed by atoms with Crippen LogP contribution in [-0.4, -0.2) is 40.1 Å². The van der Waals surface area contributed by atoms with Crippen LogP contribution in [0, 0.1) is 0 Å². The zero-order valence-corrected chi connectivity index (χ0v) is 7.46. The lowest BCUT2D eigenvalue weighted by molar-refractivity contribution is 0.0696. The minimum atomic E-state index is -0.983. The van der Waals surface area contributed by atoms with E-state index in [0.717, 1.165) is 0 Å². The third kappa shape index (κ3) is 1.49. The minimum absolute atomic E-state index is 0.0527. The first-order valence-corrected chi connectivity index (χ1v) is 4.29. The molecule has 1 aromatic heterocycles. The van der Waals surface area contributed by atoms with E-state index in [-0.39, 0.29) is 17.6 Å². The summed E-state index contributed by atoms with van der Waals surface area (Å²) in [6, 6.07) is -0.167. The fourth-order valence-electron chi connectivity index (χ4n) is 1.46. The fraction of sp³-hybridized carbons (Fsp3) is 0.500. The summed E-state index contributed by atoms with van der Waals surface area (Å²) >= 11 is 0. The van der Waals surface area contributed by atoms with Gasteiger partial charge in [-0.15, -0.1) is 0 Å². The molecule has 0 amide bonds. The number of aromatic carboxylic acids is 1. The standard InChI is InChI=1S/C8H11N3O3/c9-6-3-14-4-7(6)11-2-5(1-10-11)8(12)13/h1-2,6-7H,3-4,9H2,(H,12,13)/t6-,7+/m1/s1. The number of hydrogen-bond acceptors (Lipinski definition) is 4. The lowest BCUT2D eigenvalue weighted by Gasteiger charge is -2.12. The Balaban J connectivity index is 2.20. The maximum absolute atomic E-state index is 10.6. The lowest BCUT2D eigenvalue weighted by atomic mass is 10.2. The number of carboxylic acids is 1. The zero-order chi connectivity index (χ0) is 10.1. The number of carboxylic acid groups (broad SMARTS) is 1. The highest BCUT2D eigenvalue weighted by Gasteiger charge is 2.27. The normalized spacial score (nSPS) is 26.6. The van der Waals surface area contributed by atoms with Crippen molar-refractivity contribution in [3.8, 4) is 0 Å². The summed E-state index contributed by atoms with van der Waals surface area (Å²) in [7, 11) is 0. The van der Waals surface area contributed by atoms with Gasteiger partial charge in [0.1, 0.15) is 0 Å². The third-order valence-electron chi connectivity index (χ3n) is 2.28. The smallest absolute Gasteiger partial charge is 0.338 e. The number of rotatable bonds is 2. The number of aromatic nitrogens is 2. The van der Waals surface area contributed by atoms with E-state index in [4.69, 9.17) is 15.6 Å². The van der Waals surface area contributed by atoms with Crippen LogP contribution < -0.4 is 5.73 Å². The topological polar surface area (TPSA) is 90.4 Å². The van der Waals surface area contributed by atoms with Crippen LogP contribution in [0.5, 0.6) is 0 Å². The molecule has 3 N–H and O–H groups in total. The summed E-state index contributed by atoms with van der Waals surface area (Å²) in [6.07, 6.45) is 2.79. The molecule has 2 heterocycles. The molecule has 0 aromatic carbocycles. The highest BCUT2D eigenvalue weighted by atomic mass is 16.5. The molecule has 0 bridgehead atoms. The monoisotopic (exact) mass is 197 g/mol. The molecule has 2 atom stereocenters. The van der Waals surface area contributed by atoms with Crippen LogP contribution in [0.25, 0.3) is 0 Å². The molecule has 1 aromatic rings. The highest BCUT2D eigenvalue weighted by Crippen LogP contribution is 2.17. The molecular weight excluding hydrogens is 186 g/mol. The van der Waals surface area contributed by atoms with Gasteiger partial charge in [-0.25, -0.2) is 4.79 Å². The van der Waals surface area contributed by atoms with Gasteiger partial charge in [-0.1, -0.05) is 0 Å². The van der Waals surface area contributed by atoms with Gasteiger partial charge < -0.3 is 15.6 Å². The average molecular weight is 197 g/mol. The second-order valence-electron chi connectivity index (χ2n) is 3.28. The van der Waals surface area contributed by atoms with Crippen molar-refractivity contribution < 1.29 is 14.6 Å². The predicted octanol–water partition coefficient (Wildman–Crippen LogP) is -0.520. The van der Waals surface area contributed by atoms with Crippen molar-refractivity contribution in [1.29, 1.82) is 0 Å². The van der Waals surface area contributed by atoms with E-state index in [1.165, 1.54) is 12.4 Å². The number of hydrogen-bond donors (Lipinski definition) is 2. The largest absolute Gasteiger partial charge is 0.478 e. The predicted molar refractivity (Wildman–Crippen MR) is 47.0 cm³/mol. The maximum Gasteiger partial charge on any atom is 0.338 e. The molecule has 0 unspecified atom stereocenters. The highest BCUT2D eigenvalue weighted by molar-refractivity contribution is 5.86. The Bertz CT molecular complexity index is 349. The van der Waals surface area contributed by atoms with Crippen molar-refractivity contribution in [2.75, 3.05) is 13.2 Å². The van der Waals surface area contributed by atoms with Crippen LogP contribution in [0.15, 0.2) is 12.4 Å². The van der Waals surface area contributed by atoms with Gasteiger partial charge in [0.2, 0.25) is 0 Å². The number of nitrogens with zero attached hydrogens (tertiary/aromatic N) is 2. The van der Waals surface area contributed by atoms with Crippen LogP contribution in [-0.2, 0) is 4.74 Å². The first-order chi connectivity index (χ1) is 6.68. The lowest BCUT2D eigenvalue weighted by Crippen LogP contribution is -2.31. The number of ether oxygens (including phenoxy) is 1. The molecule has 6 nitrogen and oxygen atoms in total. The molecule has 1 aliphatic rings. The van der Waals surface area contributed by atoms with Crippen molar-refractivity contribution in [3.63, 3.8) is 0 Å². The molecule has 1 fully saturated rings. The van der Waals surface area contributed by atoms with Crippen LogP contribution in [0.3, 0.4) is 0 Å². The number of nitrogens with two attached hydrogens (primary N) is 1. The molecule has 6 heteroatoms. The molecule has 0 radical (unpaired) electrons. The second-order valence-corrected chi connectivity index (χ2v) is 3.28. The van der Waals surface area contributed by atoms with Crippen LogP contribution in [0.2, 0.25) is 0 Å². The van der Waals surface area contributed by atoms with Gasteiger partial charge in [-0.3, -0.25) is 4.68 Å². The summed E-state index contributed by atoms with van der Waals surface area (Å²) in [5.41, 5.74) is 5.93. The first-order valence-electron chi connectivity index (χ1n) is 4.29. The summed E-state index contributed by atoms with van der Waals surface area (Å²) in [5.74, 6) is -0.983. The zero-order valence-electron chi connectivity index (χ0n) is 7.46. The van der Waals surface area contributed by atoms with E-state index in [9.17, 15) is 4.79 Å². The van der Waals surface area contributed by atoms with Gasteiger partial charge >= 0.3 is 5.97 Å². The Hall–Kier alpha value is -1.40. The Morgan fingerprint density at radius 1 is 1.71 bits per heavy atom. The van der Waals surface area contributed by atoms with Gasteiger partial charge in [0.05, 0.1) is 37.1 Å². The van der Waals surface area contributed by atoms with E-state index in [1.54, 1.807) is 4.68 Å². The van der Waals surface area contributed by atoms with E-state index in [2.05, 4.69) is 5.10 Å². The molecule has 0 saturated carbocycles. The summed E-state index contributed by atoms with van der Waals surface area (Å²) in [6.45, 7) is 0.981. The molecular formula is C8H11N3O3. The van der Waals surface area contributed by atoms with Gasteiger partial charge in [0, 0.05) is 6.20 Å². The number of carbonyl (C=O) groups is 1. The van der Waals surface area contributed by atoms with Crippen LogP contribution >= 0.6 is 0 Å². The molecule has 1 aliphatic heterocycles. The van der Waals surface area contributed by atoms with E-state index >= 15 is 0 Å². The van der Waals surface area contributed by atoms with Crippen molar-refractivity contribution in [3.05, 3.63) is 18.0 Å². The Kier molecular flexibility index (Phi) is 2.22. The van der Waals surface area contributed by atoms with E-state index in [0.29, 0.717) is 13.2 Å². The Morgan fingerprint density at radius 3 is 3.00 bits per heavy atom. The fourth-order valence-corrected chi connectivity index (χ4v) is 1.46. The Morgan fingerprint density at radius 2 is 2.50 bits per heavy atom. The molecule has 76 valence electrons. The Labute approximate surface area is 80.3 Å². The maximum atomic E-state index is 10.6.